The molecule has 28 heavy (non-hydrogen) atoms. The van der Waals surface area contributed by atoms with E-state index in [-0.39, 0.29) is 0 Å². The van der Waals surface area contributed by atoms with Crippen LogP contribution in [0, 0.1) is 0 Å². The molecule has 0 amide bonds. The van der Waals surface area contributed by atoms with Crippen molar-refractivity contribution in [2.75, 3.05) is 36.8 Å². The third kappa shape index (κ3) is 3.93. The van der Waals surface area contributed by atoms with Crippen LogP contribution in [0.15, 0.2) is 54.6 Å². The van der Waals surface area contributed by atoms with E-state index in [0.717, 1.165) is 63.9 Å². The van der Waals surface area contributed by atoms with Gasteiger partial charge in [0.2, 0.25) is 0 Å². The van der Waals surface area contributed by atoms with Crippen LogP contribution in [0.25, 0.3) is 21.3 Å². The van der Waals surface area contributed by atoms with E-state index in [1.165, 1.54) is 0 Å². The van der Waals surface area contributed by atoms with E-state index >= 15 is 0 Å². The monoisotopic (exact) mass is 391 g/mol. The number of pyridine rings is 1. The summed E-state index contributed by atoms with van der Waals surface area (Å²) < 4.78 is 0. The molecule has 2 heterocycles. The van der Waals surface area contributed by atoms with Gasteiger partial charge in [-0.05, 0) is 31.3 Å². The molecule has 0 spiro atoms. The summed E-state index contributed by atoms with van der Waals surface area (Å²) in [7, 11) is 0. The summed E-state index contributed by atoms with van der Waals surface area (Å²) in [5, 5.41) is 9.04. The van der Waals surface area contributed by atoms with Crippen LogP contribution in [0.1, 0.15) is 13.8 Å². The van der Waals surface area contributed by atoms with Crippen LogP contribution >= 0.6 is 11.3 Å². The topological polar surface area (TPSA) is 53.1 Å². The van der Waals surface area contributed by atoms with Crippen LogP contribution in [0.2, 0.25) is 0 Å². The number of anilines is 3. The van der Waals surface area contributed by atoms with Gasteiger partial charge in [-0.15, -0.1) is 0 Å². The highest BCUT2D eigenvalue weighted by Crippen LogP contribution is 2.36. The molecule has 5 nitrogen and oxygen atoms in total. The zero-order valence-electron chi connectivity index (χ0n) is 16.3. The zero-order chi connectivity index (χ0) is 19.3. The van der Waals surface area contributed by atoms with E-state index in [1.807, 2.05) is 30.3 Å². The molecule has 2 aromatic carbocycles. The van der Waals surface area contributed by atoms with Gasteiger partial charge < -0.3 is 15.5 Å². The molecule has 0 aliphatic carbocycles. The molecule has 0 aliphatic heterocycles. The highest BCUT2D eigenvalue weighted by atomic mass is 32.1. The van der Waals surface area contributed by atoms with E-state index in [0.29, 0.717) is 0 Å². The van der Waals surface area contributed by atoms with E-state index in [1.54, 1.807) is 11.3 Å². The van der Waals surface area contributed by atoms with Crippen LogP contribution < -0.4 is 10.6 Å². The second-order valence-corrected chi connectivity index (χ2v) is 7.60. The van der Waals surface area contributed by atoms with Gasteiger partial charge >= 0.3 is 0 Å². The molecule has 2 aromatic heterocycles. The van der Waals surface area contributed by atoms with Crippen molar-refractivity contribution in [3.05, 3.63) is 54.6 Å². The Bertz CT molecular complexity index is 1060. The van der Waals surface area contributed by atoms with Gasteiger partial charge in [-0.3, -0.25) is 0 Å². The largest absolute Gasteiger partial charge is 0.360 e. The molecule has 4 rings (SSSR count). The first-order valence-corrected chi connectivity index (χ1v) is 10.6. The predicted octanol–water partition coefficient (Wildman–Crippen LogP) is 5.34. The SMILES string of the molecule is CCN(CC)CCNc1nc2c(Nc3ccccc3)c3ccccc3nc2s1. The molecule has 0 saturated heterocycles. The fourth-order valence-corrected chi connectivity index (χ4v) is 4.18. The number of rotatable bonds is 8. The molecule has 0 bridgehead atoms. The number of hydrogen-bond acceptors (Lipinski definition) is 6. The second kappa shape index (κ2) is 8.54. The molecule has 0 saturated carbocycles. The molecule has 0 radical (unpaired) electrons. The lowest BCUT2D eigenvalue weighted by molar-refractivity contribution is 0.316. The van der Waals surface area contributed by atoms with Gasteiger partial charge in [-0.25, -0.2) is 9.97 Å². The maximum absolute atomic E-state index is 4.87. The maximum Gasteiger partial charge on any atom is 0.185 e. The Hall–Kier alpha value is -2.70. The molecule has 6 heteroatoms. The van der Waals surface area contributed by atoms with Gasteiger partial charge in [-0.1, -0.05) is 61.6 Å². The first-order chi connectivity index (χ1) is 13.8. The summed E-state index contributed by atoms with van der Waals surface area (Å²) in [6.07, 6.45) is 0. The first kappa shape index (κ1) is 18.7. The van der Waals surface area contributed by atoms with Crippen LogP contribution in [0.4, 0.5) is 16.5 Å². The van der Waals surface area contributed by atoms with Crippen LogP contribution in [-0.4, -0.2) is 41.0 Å². The van der Waals surface area contributed by atoms with Gasteiger partial charge in [0, 0.05) is 24.2 Å². The third-order valence-electron chi connectivity index (χ3n) is 4.88. The zero-order valence-corrected chi connectivity index (χ0v) is 17.1. The molecular formula is C22H25N5S. The third-order valence-corrected chi connectivity index (χ3v) is 5.79. The number of para-hydroxylation sites is 2. The van der Waals surface area contributed by atoms with Crippen molar-refractivity contribution in [3.8, 4) is 0 Å². The van der Waals surface area contributed by atoms with Gasteiger partial charge in [0.1, 0.15) is 10.3 Å². The van der Waals surface area contributed by atoms with Crippen LogP contribution in [-0.2, 0) is 0 Å². The van der Waals surface area contributed by atoms with Gasteiger partial charge in [0.15, 0.2) is 5.13 Å². The Morgan fingerprint density at radius 1 is 0.929 bits per heavy atom. The van der Waals surface area contributed by atoms with Crippen molar-refractivity contribution < 1.29 is 0 Å². The van der Waals surface area contributed by atoms with Gasteiger partial charge in [-0.2, -0.15) is 0 Å². The van der Waals surface area contributed by atoms with Crippen molar-refractivity contribution in [3.63, 3.8) is 0 Å². The Morgan fingerprint density at radius 2 is 1.68 bits per heavy atom. The lowest BCUT2D eigenvalue weighted by Crippen LogP contribution is -2.28. The Labute approximate surface area is 169 Å². The van der Waals surface area contributed by atoms with Crippen molar-refractivity contribution in [2.45, 2.75) is 13.8 Å². The number of likely N-dealkylation sites (N-methyl/N-ethyl adjacent to an activating group) is 1. The van der Waals surface area contributed by atoms with Crippen molar-refractivity contribution >= 4 is 49.1 Å². The smallest absolute Gasteiger partial charge is 0.185 e. The average molecular weight is 392 g/mol. The molecule has 0 atom stereocenters. The number of thiazole rings is 1. The molecular weight excluding hydrogens is 366 g/mol. The Balaban J connectivity index is 1.69. The molecule has 0 unspecified atom stereocenters. The molecule has 0 aliphatic rings. The number of aromatic nitrogens is 2. The number of nitrogens with one attached hydrogen (secondary N) is 2. The summed E-state index contributed by atoms with van der Waals surface area (Å²) in [4.78, 5) is 13.1. The number of nitrogens with zero attached hydrogens (tertiary/aromatic N) is 3. The average Bonchev–Trinajstić information content (AvgIpc) is 3.14. The minimum Gasteiger partial charge on any atom is -0.360 e. The Kier molecular flexibility index (Phi) is 5.69. The lowest BCUT2D eigenvalue weighted by Gasteiger charge is -2.17. The van der Waals surface area contributed by atoms with E-state index < -0.39 is 0 Å². The highest BCUT2D eigenvalue weighted by Gasteiger charge is 2.14. The van der Waals surface area contributed by atoms with Crippen molar-refractivity contribution in [1.29, 1.82) is 0 Å². The van der Waals surface area contributed by atoms with Crippen molar-refractivity contribution in [1.82, 2.24) is 14.9 Å². The van der Waals surface area contributed by atoms with E-state index in [4.69, 9.17) is 9.97 Å². The fourth-order valence-electron chi connectivity index (χ4n) is 3.30. The van der Waals surface area contributed by atoms with E-state index in [2.05, 4.69) is 53.6 Å². The van der Waals surface area contributed by atoms with Gasteiger partial charge in [0.05, 0.1) is 11.2 Å². The number of hydrogen-bond donors (Lipinski definition) is 2. The number of fused-ring (bicyclic) bond motifs is 2. The van der Waals surface area contributed by atoms with Crippen molar-refractivity contribution in [2.24, 2.45) is 0 Å². The molecule has 0 fully saturated rings. The quantitative estimate of drug-likeness (QED) is 0.424. The lowest BCUT2D eigenvalue weighted by atomic mass is 10.1. The van der Waals surface area contributed by atoms with Crippen LogP contribution in [0.5, 0.6) is 0 Å². The summed E-state index contributed by atoms with van der Waals surface area (Å²) in [6.45, 7) is 8.40. The van der Waals surface area contributed by atoms with E-state index in [9.17, 15) is 0 Å². The first-order valence-electron chi connectivity index (χ1n) is 9.76. The molecule has 144 valence electrons. The summed E-state index contributed by atoms with van der Waals surface area (Å²) in [5.41, 5.74) is 3.95. The molecule has 2 N–H and O–H groups in total. The standard InChI is InChI=1S/C22H25N5S/c1-3-27(4-2)15-14-23-22-26-20-19(24-16-10-6-5-7-11-16)17-12-8-9-13-18(17)25-21(20)28-22/h5-13H,3-4,14-15H2,1-2H3,(H,23,26)(H,24,25). The minimum absolute atomic E-state index is 0.877. The fraction of sp³-hybridized carbons (Fsp3) is 0.273. The maximum atomic E-state index is 4.87. The number of benzene rings is 2. The predicted molar refractivity (Wildman–Crippen MR) is 121 cm³/mol. The highest BCUT2D eigenvalue weighted by molar-refractivity contribution is 7.21. The molecule has 4 aromatic rings. The minimum atomic E-state index is 0.877. The normalized spacial score (nSPS) is 11.4. The summed E-state index contributed by atoms with van der Waals surface area (Å²) >= 11 is 1.61. The van der Waals surface area contributed by atoms with Gasteiger partial charge in [0.25, 0.3) is 0 Å². The Morgan fingerprint density at radius 3 is 2.46 bits per heavy atom. The summed E-state index contributed by atoms with van der Waals surface area (Å²) in [6, 6.07) is 18.4. The summed E-state index contributed by atoms with van der Waals surface area (Å²) in [5.74, 6) is 0. The second-order valence-electron chi connectivity index (χ2n) is 6.62. The van der Waals surface area contributed by atoms with Crippen LogP contribution in [0.3, 0.4) is 0 Å².